The number of hydrogen-bond donors (Lipinski definition) is 2. The minimum atomic E-state index is -0.854. The van der Waals surface area contributed by atoms with Gasteiger partial charge in [-0.15, -0.1) is 11.3 Å². The molecule has 0 bridgehead atoms. The molecule has 1 aromatic heterocycles. The molecule has 1 aliphatic carbocycles. The first-order chi connectivity index (χ1) is 8.22. The second-order valence-corrected chi connectivity index (χ2v) is 5.15. The summed E-state index contributed by atoms with van der Waals surface area (Å²) in [7, 11) is 1.65. The van der Waals surface area contributed by atoms with Gasteiger partial charge in [-0.2, -0.15) is 0 Å². The molecular weight excluding hydrogens is 240 g/mol. The maximum atomic E-state index is 11.1. The van der Waals surface area contributed by atoms with Crippen LogP contribution in [0.2, 0.25) is 0 Å². The van der Waals surface area contributed by atoms with Gasteiger partial charge in [0.05, 0.1) is 12.3 Å². The van der Waals surface area contributed by atoms with Crippen LogP contribution in [0.15, 0.2) is 0 Å². The molecule has 2 N–H and O–H groups in total. The van der Waals surface area contributed by atoms with Crippen molar-refractivity contribution in [1.82, 2.24) is 10.3 Å². The van der Waals surface area contributed by atoms with Crippen LogP contribution in [0, 0.1) is 0 Å². The predicted octanol–water partition coefficient (Wildman–Crippen LogP) is 1.45. The first-order valence-corrected chi connectivity index (χ1v) is 6.46. The molecule has 1 aliphatic rings. The van der Waals surface area contributed by atoms with Crippen molar-refractivity contribution in [1.29, 1.82) is 0 Å². The smallest absolute Gasteiger partial charge is 0.347 e. The zero-order valence-corrected chi connectivity index (χ0v) is 10.5. The second-order valence-electron chi connectivity index (χ2n) is 4.07. The molecule has 0 unspecified atom stereocenters. The molecule has 0 amide bonds. The monoisotopic (exact) mass is 256 g/mol. The van der Waals surface area contributed by atoms with E-state index in [1.54, 1.807) is 7.11 Å². The summed E-state index contributed by atoms with van der Waals surface area (Å²) in [6.45, 7) is 2.00. The summed E-state index contributed by atoms with van der Waals surface area (Å²) in [4.78, 5) is 15.9. The maximum Gasteiger partial charge on any atom is 0.347 e. The fourth-order valence-electron chi connectivity index (χ4n) is 1.61. The summed E-state index contributed by atoms with van der Waals surface area (Å²) in [6, 6.07) is 0. The van der Waals surface area contributed by atoms with Gasteiger partial charge in [0.25, 0.3) is 0 Å². The van der Waals surface area contributed by atoms with Crippen LogP contribution in [0.25, 0.3) is 0 Å². The number of carbonyl (C=O) groups is 1. The third kappa shape index (κ3) is 3.24. The number of thiazole rings is 1. The number of aromatic carboxylic acids is 1. The Balaban J connectivity index is 1.98. The van der Waals surface area contributed by atoms with E-state index < -0.39 is 5.97 Å². The summed E-state index contributed by atoms with van der Waals surface area (Å²) in [5.74, 6) is -0.474. The van der Waals surface area contributed by atoms with Crippen molar-refractivity contribution in [2.75, 3.05) is 20.3 Å². The van der Waals surface area contributed by atoms with Gasteiger partial charge in [0.2, 0.25) is 0 Å². The van der Waals surface area contributed by atoms with Gasteiger partial charge in [-0.1, -0.05) is 0 Å². The van der Waals surface area contributed by atoms with E-state index in [2.05, 4.69) is 10.3 Å². The van der Waals surface area contributed by atoms with Crippen LogP contribution in [0.3, 0.4) is 0 Å². The molecule has 0 aromatic carbocycles. The van der Waals surface area contributed by atoms with E-state index in [1.165, 1.54) is 11.3 Å². The average Bonchev–Trinajstić information content (AvgIpc) is 3.05. The number of ether oxygens (including phenoxy) is 1. The standard InChI is InChI=1S/C11H16N2O3S/c1-16-5-4-12-6-8-13-9(7-2-3-7)10(17-8)11(14)15/h7,12H,2-6H2,1H3,(H,14,15). The number of aromatic nitrogens is 1. The van der Waals surface area contributed by atoms with E-state index in [1.807, 2.05) is 0 Å². The molecule has 0 saturated heterocycles. The molecule has 2 rings (SSSR count). The lowest BCUT2D eigenvalue weighted by molar-refractivity contribution is 0.0700. The molecule has 17 heavy (non-hydrogen) atoms. The predicted molar refractivity (Wildman–Crippen MR) is 64.6 cm³/mol. The van der Waals surface area contributed by atoms with Gasteiger partial charge in [0.1, 0.15) is 9.88 Å². The Morgan fingerprint density at radius 3 is 3.00 bits per heavy atom. The highest BCUT2D eigenvalue weighted by Crippen LogP contribution is 2.42. The third-order valence-electron chi connectivity index (χ3n) is 2.62. The Morgan fingerprint density at radius 2 is 2.41 bits per heavy atom. The Hall–Kier alpha value is -0.980. The lowest BCUT2D eigenvalue weighted by Crippen LogP contribution is -2.18. The van der Waals surface area contributed by atoms with Crippen LogP contribution < -0.4 is 5.32 Å². The summed E-state index contributed by atoms with van der Waals surface area (Å²) >= 11 is 1.28. The fraction of sp³-hybridized carbons (Fsp3) is 0.636. The number of methoxy groups -OCH3 is 1. The number of carboxylic acids is 1. The molecule has 0 radical (unpaired) electrons. The molecule has 6 heteroatoms. The van der Waals surface area contributed by atoms with Crippen molar-refractivity contribution >= 4 is 17.3 Å². The highest BCUT2D eigenvalue weighted by atomic mass is 32.1. The number of nitrogens with zero attached hydrogens (tertiary/aromatic N) is 1. The SMILES string of the molecule is COCCNCc1nc(C2CC2)c(C(=O)O)s1. The van der Waals surface area contributed by atoms with Gasteiger partial charge in [-0.3, -0.25) is 0 Å². The lowest BCUT2D eigenvalue weighted by atomic mass is 10.2. The van der Waals surface area contributed by atoms with Gasteiger partial charge >= 0.3 is 5.97 Å². The van der Waals surface area contributed by atoms with Crippen LogP contribution in [0.1, 0.15) is 39.1 Å². The molecular formula is C11H16N2O3S. The second kappa shape index (κ2) is 5.57. The van der Waals surface area contributed by atoms with Gasteiger partial charge < -0.3 is 15.2 Å². The van der Waals surface area contributed by atoms with Crippen LogP contribution in [0.5, 0.6) is 0 Å². The molecule has 0 atom stereocenters. The van der Waals surface area contributed by atoms with E-state index >= 15 is 0 Å². The summed E-state index contributed by atoms with van der Waals surface area (Å²) in [5.41, 5.74) is 0.783. The van der Waals surface area contributed by atoms with Crippen molar-refractivity contribution in [3.05, 3.63) is 15.6 Å². The highest BCUT2D eigenvalue weighted by Gasteiger charge is 2.31. The molecule has 0 spiro atoms. The van der Waals surface area contributed by atoms with E-state index in [0.29, 0.717) is 23.9 Å². The van der Waals surface area contributed by atoms with E-state index in [-0.39, 0.29) is 0 Å². The quantitative estimate of drug-likeness (QED) is 0.723. The van der Waals surface area contributed by atoms with Crippen LogP contribution in [-0.4, -0.2) is 36.3 Å². The number of rotatable bonds is 7. The minimum Gasteiger partial charge on any atom is -0.477 e. The Labute approximate surface area is 104 Å². The molecule has 1 saturated carbocycles. The largest absolute Gasteiger partial charge is 0.477 e. The van der Waals surface area contributed by atoms with Crippen LogP contribution in [0.4, 0.5) is 0 Å². The van der Waals surface area contributed by atoms with Gasteiger partial charge in [0, 0.05) is 26.1 Å². The molecule has 1 heterocycles. The Bertz CT molecular complexity index is 401. The molecule has 5 nitrogen and oxygen atoms in total. The number of nitrogens with one attached hydrogen (secondary N) is 1. The average molecular weight is 256 g/mol. The summed E-state index contributed by atoms with van der Waals surface area (Å²) in [6.07, 6.45) is 2.14. The zero-order valence-electron chi connectivity index (χ0n) is 9.73. The van der Waals surface area contributed by atoms with Gasteiger partial charge in [-0.25, -0.2) is 9.78 Å². The molecule has 94 valence electrons. The minimum absolute atomic E-state index is 0.380. The highest BCUT2D eigenvalue weighted by molar-refractivity contribution is 7.13. The van der Waals surface area contributed by atoms with E-state index in [9.17, 15) is 4.79 Å². The molecule has 0 aliphatic heterocycles. The summed E-state index contributed by atoms with van der Waals surface area (Å²) < 4.78 is 4.92. The lowest BCUT2D eigenvalue weighted by Gasteiger charge is -1.99. The zero-order chi connectivity index (χ0) is 12.3. The topological polar surface area (TPSA) is 71.5 Å². The maximum absolute atomic E-state index is 11.1. The first kappa shape index (κ1) is 12.5. The van der Waals surface area contributed by atoms with Crippen molar-refractivity contribution in [2.24, 2.45) is 0 Å². The van der Waals surface area contributed by atoms with Crippen LogP contribution in [-0.2, 0) is 11.3 Å². The Kier molecular flexibility index (Phi) is 4.09. The molecule has 1 aromatic rings. The Morgan fingerprint density at radius 1 is 1.65 bits per heavy atom. The number of carboxylic acid groups (broad SMARTS) is 1. The van der Waals surface area contributed by atoms with E-state index in [0.717, 1.165) is 30.1 Å². The van der Waals surface area contributed by atoms with Crippen molar-refractivity contribution < 1.29 is 14.6 Å². The van der Waals surface area contributed by atoms with Gasteiger partial charge in [0.15, 0.2) is 0 Å². The normalized spacial score (nSPS) is 15.1. The van der Waals surface area contributed by atoms with Gasteiger partial charge in [-0.05, 0) is 12.8 Å². The number of hydrogen-bond acceptors (Lipinski definition) is 5. The molecule has 1 fully saturated rings. The van der Waals surface area contributed by atoms with Crippen molar-refractivity contribution in [2.45, 2.75) is 25.3 Å². The third-order valence-corrected chi connectivity index (χ3v) is 3.67. The summed E-state index contributed by atoms with van der Waals surface area (Å²) in [5, 5.41) is 13.1. The van der Waals surface area contributed by atoms with Crippen molar-refractivity contribution in [3.63, 3.8) is 0 Å². The fourth-order valence-corrected chi connectivity index (χ4v) is 2.57. The van der Waals surface area contributed by atoms with Crippen LogP contribution >= 0.6 is 11.3 Å². The first-order valence-electron chi connectivity index (χ1n) is 5.65. The van der Waals surface area contributed by atoms with E-state index in [4.69, 9.17) is 9.84 Å². The van der Waals surface area contributed by atoms with Crippen molar-refractivity contribution in [3.8, 4) is 0 Å².